The Morgan fingerprint density at radius 2 is 1.74 bits per heavy atom. The summed E-state index contributed by atoms with van der Waals surface area (Å²) in [4.78, 5) is 11.7. The van der Waals surface area contributed by atoms with E-state index in [9.17, 15) is 4.79 Å². The number of esters is 1. The minimum absolute atomic E-state index is 0.0207. The molecule has 2 aromatic carbocycles. The van der Waals surface area contributed by atoms with Gasteiger partial charge in [0.15, 0.2) is 18.1 Å². The van der Waals surface area contributed by atoms with E-state index in [4.69, 9.17) is 23.7 Å². The molecule has 0 spiro atoms. The van der Waals surface area contributed by atoms with Crippen molar-refractivity contribution in [2.75, 3.05) is 26.6 Å². The second-order valence-corrected chi connectivity index (χ2v) is 6.06. The van der Waals surface area contributed by atoms with Crippen LogP contribution in [-0.4, -0.2) is 32.6 Å². The topological polar surface area (TPSA) is 63.2 Å². The lowest BCUT2D eigenvalue weighted by Crippen LogP contribution is -2.15. The van der Waals surface area contributed by atoms with Gasteiger partial charge in [0.2, 0.25) is 6.79 Å². The lowest BCUT2D eigenvalue weighted by atomic mass is 9.92. The van der Waals surface area contributed by atoms with Crippen molar-refractivity contribution in [3.05, 3.63) is 47.5 Å². The van der Waals surface area contributed by atoms with Crippen molar-refractivity contribution in [3.63, 3.8) is 0 Å². The fraction of sp³-hybridized carbons (Fsp3) is 0.381. The summed E-state index contributed by atoms with van der Waals surface area (Å²) in [6, 6.07) is 11.6. The maximum Gasteiger partial charge on any atom is 0.344 e. The molecule has 0 unspecified atom stereocenters. The van der Waals surface area contributed by atoms with Crippen LogP contribution in [0.1, 0.15) is 37.8 Å². The van der Waals surface area contributed by atoms with Crippen molar-refractivity contribution in [3.8, 4) is 23.0 Å². The summed E-state index contributed by atoms with van der Waals surface area (Å²) in [5, 5.41) is 0. The lowest BCUT2D eigenvalue weighted by Gasteiger charge is -2.18. The van der Waals surface area contributed by atoms with E-state index < -0.39 is 5.97 Å². The summed E-state index contributed by atoms with van der Waals surface area (Å²) in [5.41, 5.74) is 2.01. The zero-order valence-electron chi connectivity index (χ0n) is 15.8. The highest BCUT2D eigenvalue weighted by Crippen LogP contribution is 2.42. The molecule has 0 saturated carbocycles. The van der Waals surface area contributed by atoms with Gasteiger partial charge in [0.05, 0.1) is 13.2 Å². The second kappa shape index (κ2) is 8.66. The van der Waals surface area contributed by atoms with Crippen molar-refractivity contribution < 1.29 is 28.5 Å². The highest BCUT2D eigenvalue weighted by molar-refractivity contribution is 5.71. The molecule has 3 rings (SSSR count). The Labute approximate surface area is 158 Å². The predicted molar refractivity (Wildman–Crippen MR) is 99.8 cm³/mol. The fourth-order valence-electron chi connectivity index (χ4n) is 2.94. The van der Waals surface area contributed by atoms with E-state index in [1.54, 1.807) is 13.0 Å². The van der Waals surface area contributed by atoms with Crippen molar-refractivity contribution in [2.45, 2.75) is 26.7 Å². The van der Waals surface area contributed by atoms with Crippen LogP contribution in [0, 0.1) is 0 Å². The number of benzene rings is 2. The van der Waals surface area contributed by atoms with Gasteiger partial charge in [-0.1, -0.05) is 19.1 Å². The van der Waals surface area contributed by atoms with E-state index in [0.29, 0.717) is 30.5 Å². The fourth-order valence-corrected chi connectivity index (χ4v) is 2.94. The standard InChI is InChI=1S/C21H24O6/c1-4-23-16-8-6-15(7-9-16)14(3)17-10-19-20(27-13-26-19)11-18(17)25-12-21(22)24-5-2/h6-11,14H,4-5,12-13H2,1-3H3/t14-/m0/s1. The first-order valence-corrected chi connectivity index (χ1v) is 9.07. The second-order valence-electron chi connectivity index (χ2n) is 6.06. The van der Waals surface area contributed by atoms with Crippen LogP contribution in [0.2, 0.25) is 0 Å². The molecule has 27 heavy (non-hydrogen) atoms. The summed E-state index contributed by atoms with van der Waals surface area (Å²) in [7, 11) is 0. The molecule has 1 heterocycles. The molecule has 6 nitrogen and oxygen atoms in total. The molecule has 144 valence electrons. The number of carbonyl (C=O) groups excluding carboxylic acids is 1. The minimum Gasteiger partial charge on any atom is -0.494 e. The number of hydrogen-bond donors (Lipinski definition) is 0. The van der Waals surface area contributed by atoms with E-state index >= 15 is 0 Å². The Morgan fingerprint density at radius 1 is 1.04 bits per heavy atom. The summed E-state index contributed by atoms with van der Waals surface area (Å²) >= 11 is 0. The maximum atomic E-state index is 11.7. The van der Waals surface area contributed by atoms with Crippen molar-refractivity contribution in [1.82, 2.24) is 0 Å². The highest BCUT2D eigenvalue weighted by Gasteiger charge is 2.22. The zero-order chi connectivity index (χ0) is 19.2. The molecule has 0 fully saturated rings. The molecule has 1 aliphatic heterocycles. The molecule has 6 heteroatoms. The molecular weight excluding hydrogens is 348 g/mol. The highest BCUT2D eigenvalue weighted by atomic mass is 16.7. The van der Waals surface area contributed by atoms with Crippen molar-refractivity contribution >= 4 is 5.97 Å². The van der Waals surface area contributed by atoms with Crippen molar-refractivity contribution in [1.29, 1.82) is 0 Å². The smallest absolute Gasteiger partial charge is 0.344 e. The van der Waals surface area contributed by atoms with Crippen LogP contribution in [0.4, 0.5) is 0 Å². The Morgan fingerprint density at radius 3 is 2.41 bits per heavy atom. The normalized spacial score (nSPS) is 13.1. The van der Waals surface area contributed by atoms with Gasteiger partial charge in [-0.3, -0.25) is 0 Å². The van der Waals surface area contributed by atoms with E-state index in [0.717, 1.165) is 16.9 Å². The molecular formula is C21H24O6. The van der Waals surface area contributed by atoms with Gasteiger partial charge in [-0.25, -0.2) is 4.79 Å². The van der Waals surface area contributed by atoms with Crippen LogP contribution in [0.3, 0.4) is 0 Å². The van der Waals surface area contributed by atoms with Crippen LogP contribution in [0.25, 0.3) is 0 Å². The van der Waals surface area contributed by atoms with Gasteiger partial charge in [0.1, 0.15) is 11.5 Å². The number of hydrogen-bond acceptors (Lipinski definition) is 6. The van der Waals surface area contributed by atoms with E-state index in [-0.39, 0.29) is 19.3 Å². The molecule has 1 aliphatic rings. The molecule has 0 aliphatic carbocycles. The first kappa shape index (κ1) is 18.9. The quantitative estimate of drug-likeness (QED) is 0.655. The molecule has 0 amide bonds. The van der Waals surface area contributed by atoms with Gasteiger partial charge in [-0.05, 0) is 37.6 Å². The molecule has 0 saturated heterocycles. The van der Waals surface area contributed by atoms with Gasteiger partial charge >= 0.3 is 5.97 Å². The Bertz CT molecular complexity index is 784. The Balaban J connectivity index is 1.86. The van der Waals surface area contributed by atoms with Gasteiger partial charge in [-0.15, -0.1) is 0 Å². The van der Waals surface area contributed by atoms with Crippen LogP contribution in [-0.2, 0) is 9.53 Å². The summed E-state index contributed by atoms with van der Waals surface area (Å²) < 4.78 is 27.1. The summed E-state index contributed by atoms with van der Waals surface area (Å²) in [6.45, 7) is 6.75. The monoisotopic (exact) mass is 372 g/mol. The van der Waals surface area contributed by atoms with Gasteiger partial charge in [0, 0.05) is 17.5 Å². The largest absolute Gasteiger partial charge is 0.494 e. The number of fused-ring (bicyclic) bond motifs is 1. The molecule has 1 atom stereocenters. The van der Waals surface area contributed by atoms with E-state index in [2.05, 4.69) is 6.92 Å². The third kappa shape index (κ3) is 4.45. The van der Waals surface area contributed by atoms with E-state index in [1.807, 2.05) is 37.3 Å². The molecule has 0 N–H and O–H groups in total. The number of rotatable bonds is 8. The molecule has 2 aromatic rings. The van der Waals surface area contributed by atoms with Crippen LogP contribution in [0.15, 0.2) is 36.4 Å². The summed E-state index contributed by atoms with van der Waals surface area (Å²) in [5.74, 6) is 2.30. The first-order chi connectivity index (χ1) is 13.1. The van der Waals surface area contributed by atoms with Gasteiger partial charge in [-0.2, -0.15) is 0 Å². The van der Waals surface area contributed by atoms with Crippen LogP contribution < -0.4 is 18.9 Å². The van der Waals surface area contributed by atoms with Crippen LogP contribution >= 0.6 is 0 Å². The first-order valence-electron chi connectivity index (χ1n) is 9.07. The van der Waals surface area contributed by atoms with Gasteiger partial charge in [0.25, 0.3) is 0 Å². The molecule has 0 bridgehead atoms. The SMILES string of the molecule is CCOC(=O)COc1cc2c(cc1[C@@H](C)c1ccc(OCC)cc1)OCO2. The third-order valence-corrected chi connectivity index (χ3v) is 4.31. The van der Waals surface area contributed by atoms with Crippen molar-refractivity contribution in [2.24, 2.45) is 0 Å². The Hall–Kier alpha value is -2.89. The number of ether oxygens (including phenoxy) is 5. The average molecular weight is 372 g/mol. The number of carbonyl (C=O) groups is 1. The third-order valence-electron chi connectivity index (χ3n) is 4.31. The zero-order valence-corrected chi connectivity index (χ0v) is 15.8. The van der Waals surface area contributed by atoms with Crippen LogP contribution in [0.5, 0.6) is 23.0 Å². The minimum atomic E-state index is -0.408. The van der Waals surface area contributed by atoms with E-state index in [1.165, 1.54) is 0 Å². The Kier molecular flexibility index (Phi) is 6.06. The average Bonchev–Trinajstić information content (AvgIpc) is 3.13. The van der Waals surface area contributed by atoms with Gasteiger partial charge < -0.3 is 23.7 Å². The molecule has 0 aromatic heterocycles. The lowest BCUT2D eigenvalue weighted by molar-refractivity contribution is -0.145. The predicted octanol–water partition coefficient (Wildman–Crippen LogP) is 3.91. The maximum absolute atomic E-state index is 11.7. The molecule has 0 radical (unpaired) electrons. The summed E-state index contributed by atoms with van der Waals surface area (Å²) in [6.07, 6.45) is 0.